The summed E-state index contributed by atoms with van der Waals surface area (Å²) in [4.78, 5) is 48.6. The molecule has 0 saturated carbocycles. The third-order valence-electron chi connectivity index (χ3n) is 13.5. The molecule has 0 aliphatic carbocycles. The molecule has 0 aliphatic heterocycles. The summed E-state index contributed by atoms with van der Waals surface area (Å²) in [6.45, 7) is 4.61. The van der Waals surface area contributed by atoms with Gasteiger partial charge in [-0.2, -0.15) is 0 Å². The minimum absolute atomic E-state index is 0.162. The highest BCUT2D eigenvalue weighted by molar-refractivity contribution is 7.47. The van der Waals surface area contributed by atoms with E-state index < -0.39 is 57.8 Å². The molecule has 0 rings (SSSR count). The average Bonchev–Trinajstić information content (AvgIpc) is 3.39. The summed E-state index contributed by atoms with van der Waals surface area (Å²) in [7, 11) is -4.75. The van der Waals surface area contributed by atoms with Crippen LogP contribution in [-0.4, -0.2) is 66.5 Å². The van der Waals surface area contributed by atoms with E-state index in [0.29, 0.717) is 19.3 Å². The van der Waals surface area contributed by atoms with Crippen molar-refractivity contribution in [1.82, 2.24) is 0 Å². The predicted molar refractivity (Wildman–Crippen MR) is 307 cm³/mol. The summed E-state index contributed by atoms with van der Waals surface area (Å²) in [5, 5.41) is 9.80. The lowest BCUT2D eigenvalue weighted by molar-refractivity contribution is -0.161. The summed E-state index contributed by atoms with van der Waals surface area (Å²) < 4.78 is 39.6. The van der Waals surface area contributed by atoms with Crippen LogP contribution >= 0.6 is 7.82 Å². The molecule has 0 spiro atoms. The molecular formula is C62H115O11P. The van der Waals surface area contributed by atoms with Gasteiger partial charge < -0.3 is 24.2 Å². The second kappa shape index (κ2) is 56.9. The molecule has 74 heavy (non-hydrogen) atoms. The van der Waals surface area contributed by atoms with Crippen LogP contribution in [0.5, 0.6) is 0 Å². The first-order valence-electron chi connectivity index (χ1n) is 30.9. The van der Waals surface area contributed by atoms with Crippen LogP contribution in [-0.2, 0) is 42.2 Å². The smallest absolute Gasteiger partial charge is 0.462 e. The molecule has 3 atom stereocenters. The van der Waals surface area contributed by atoms with Crippen LogP contribution in [0.2, 0.25) is 0 Å². The van der Waals surface area contributed by atoms with E-state index in [1.807, 2.05) is 0 Å². The Morgan fingerprint density at radius 1 is 0.378 bits per heavy atom. The number of phosphoric acid groups is 1. The van der Waals surface area contributed by atoms with Gasteiger partial charge in [-0.25, -0.2) is 4.57 Å². The van der Waals surface area contributed by atoms with Crippen molar-refractivity contribution in [2.45, 2.75) is 315 Å². The molecule has 11 nitrogen and oxygen atoms in total. The van der Waals surface area contributed by atoms with Gasteiger partial charge in [0.15, 0.2) is 6.10 Å². The molecule has 12 heteroatoms. The van der Waals surface area contributed by atoms with Crippen molar-refractivity contribution in [3.05, 3.63) is 36.5 Å². The molecule has 0 aromatic heterocycles. The van der Waals surface area contributed by atoms with E-state index in [1.54, 1.807) is 0 Å². The fraction of sp³-hybridized carbons (Fsp3) is 0.855. The third kappa shape index (κ3) is 54.5. The first-order chi connectivity index (χ1) is 36.2. The monoisotopic (exact) mass is 1070 g/mol. The lowest BCUT2D eigenvalue weighted by Gasteiger charge is -2.21. The normalized spacial score (nSPS) is 13.5. The van der Waals surface area contributed by atoms with E-state index in [1.165, 1.54) is 148 Å². The number of hydrogen-bond donors (Lipinski definition) is 2. The highest BCUT2D eigenvalue weighted by Crippen LogP contribution is 2.43. The summed E-state index contributed by atoms with van der Waals surface area (Å²) >= 11 is 0. The van der Waals surface area contributed by atoms with E-state index in [2.05, 4.69) is 57.2 Å². The molecule has 434 valence electrons. The Kier molecular flexibility index (Phi) is 55.1. The van der Waals surface area contributed by atoms with Gasteiger partial charge in [0, 0.05) is 19.3 Å². The number of aliphatic hydroxyl groups excluding tert-OH is 1. The standard InChI is InChI=1S/C62H115O11P/c1-4-7-10-13-16-19-22-24-26-28-29-31-32-34-37-39-42-45-48-51-60(64)69-55-59(73-62(66)53-50-47-44-41-38-35-33-30-27-25-23-20-17-14-11-8-5-2)57-71-74(67,68)70-56-58(54-63)72-61(65)52-49-46-43-40-36-21-18-15-12-9-6-3/h15,17-18,20,25,27,58-59,63H,4-14,16,19,21-24,26,28-57H2,1-3H3,(H,67,68)/b18-15-,20-17-,27-25-. The van der Waals surface area contributed by atoms with Crippen molar-refractivity contribution < 1.29 is 52.2 Å². The number of aliphatic hydroxyl groups is 1. The van der Waals surface area contributed by atoms with Crippen molar-refractivity contribution in [2.24, 2.45) is 0 Å². The van der Waals surface area contributed by atoms with E-state index in [-0.39, 0.29) is 25.9 Å². The molecule has 0 radical (unpaired) electrons. The molecule has 0 fully saturated rings. The second-order valence-corrected chi connectivity index (χ2v) is 22.3. The quantitative estimate of drug-likeness (QED) is 0.0197. The maximum Gasteiger partial charge on any atom is 0.472 e. The first kappa shape index (κ1) is 71.7. The van der Waals surface area contributed by atoms with Gasteiger partial charge in [0.1, 0.15) is 12.7 Å². The molecule has 0 aliphatic rings. The molecule has 0 amide bonds. The lowest BCUT2D eigenvalue weighted by Crippen LogP contribution is -2.30. The number of hydrogen-bond acceptors (Lipinski definition) is 10. The van der Waals surface area contributed by atoms with E-state index in [4.69, 9.17) is 23.3 Å². The predicted octanol–water partition coefficient (Wildman–Crippen LogP) is 18.4. The number of esters is 3. The van der Waals surface area contributed by atoms with Crippen LogP contribution in [0.3, 0.4) is 0 Å². The number of carbonyl (C=O) groups is 3. The summed E-state index contributed by atoms with van der Waals surface area (Å²) in [5.41, 5.74) is 0. The number of carbonyl (C=O) groups excluding carboxylic acids is 3. The van der Waals surface area contributed by atoms with Crippen molar-refractivity contribution in [3.63, 3.8) is 0 Å². The van der Waals surface area contributed by atoms with Gasteiger partial charge >= 0.3 is 25.7 Å². The third-order valence-corrected chi connectivity index (χ3v) is 14.5. The minimum Gasteiger partial charge on any atom is -0.462 e. The van der Waals surface area contributed by atoms with Crippen LogP contribution in [0.1, 0.15) is 303 Å². The summed E-state index contributed by atoms with van der Waals surface area (Å²) in [5.74, 6) is -1.46. The largest absolute Gasteiger partial charge is 0.472 e. The van der Waals surface area contributed by atoms with E-state index in [9.17, 15) is 28.9 Å². The Labute approximate surface area is 454 Å². The maximum atomic E-state index is 12.9. The first-order valence-corrected chi connectivity index (χ1v) is 32.4. The van der Waals surface area contributed by atoms with Crippen LogP contribution in [0, 0.1) is 0 Å². The molecule has 0 aromatic carbocycles. The number of ether oxygens (including phenoxy) is 3. The van der Waals surface area contributed by atoms with E-state index >= 15 is 0 Å². The van der Waals surface area contributed by atoms with Crippen LogP contribution in [0.25, 0.3) is 0 Å². The SMILES string of the molecule is CCCC/C=C\CCCCCCCC(=O)OC(CO)COP(=O)(O)OCC(COC(=O)CCCCCCCCCCCCCCCCCCCCC)OC(=O)CCCCCCCCC/C=C\C/C=C\CCCCC. The Hall–Kier alpha value is -2.30. The molecule has 0 bridgehead atoms. The number of allylic oxidation sites excluding steroid dienone is 6. The summed E-state index contributed by atoms with van der Waals surface area (Å²) in [6, 6.07) is 0. The fourth-order valence-electron chi connectivity index (χ4n) is 8.78. The Bertz CT molecular complexity index is 1380. The van der Waals surface area contributed by atoms with Crippen molar-refractivity contribution in [2.75, 3.05) is 26.4 Å². The highest BCUT2D eigenvalue weighted by Gasteiger charge is 2.28. The van der Waals surface area contributed by atoms with Crippen molar-refractivity contribution >= 4 is 25.7 Å². The maximum absolute atomic E-state index is 12.9. The van der Waals surface area contributed by atoms with Crippen LogP contribution in [0.4, 0.5) is 0 Å². The van der Waals surface area contributed by atoms with Gasteiger partial charge in [0.25, 0.3) is 0 Å². The number of rotatable bonds is 58. The topological polar surface area (TPSA) is 155 Å². The molecule has 3 unspecified atom stereocenters. The van der Waals surface area contributed by atoms with Crippen LogP contribution < -0.4 is 0 Å². The van der Waals surface area contributed by atoms with E-state index in [0.717, 1.165) is 96.3 Å². The van der Waals surface area contributed by atoms with Gasteiger partial charge in [0.2, 0.25) is 0 Å². The fourth-order valence-corrected chi connectivity index (χ4v) is 9.57. The molecule has 0 aromatic rings. The zero-order valence-corrected chi connectivity index (χ0v) is 49.0. The summed E-state index contributed by atoms with van der Waals surface area (Å²) in [6.07, 6.45) is 59.6. The molecule has 0 saturated heterocycles. The van der Waals surface area contributed by atoms with Gasteiger partial charge in [-0.05, 0) is 70.6 Å². The zero-order chi connectivity index (χ0) is 54.1. The van der Waals surface area contributed by atoms with Gasteiger partial charge in [-0.3, -0.25) is 23.4 Å². The van der Waals surface area contributed by atoms with Crippen molar-refractivity contribution in [3.8, 4) is 0 Å². The second-order valence-electron chi connectivity index (χ2n) is 20.9. The average molecular weight is 1070 g/mol. The number of unbranched alkanes of at least 4 members (excludes halogenated alkanes) is 35. The van der Waals surface area contributed by atoms with Gasteiger partial charge in [0.05, 0.1) is 19.8 Å². The molecule has 2 N–H and O–H groups in total. The Morgan fingerprint density at radius 3 is 1.08 bits per heavy atom. The Morgan fingerprint density at radius 2 is 0.676 bits per heavy atom. The van der Waals surface area contributed by atoms with Crippen molar-refractivity contribution in [1.29, 1.82) is 0 Å². The zero-order valence-electron chi connectivity index (χ0n) is 48.1. The molecular weight excluding hydrogens is 952 g/mol. The Balaban J connectivity index is 4.67. The van der Waals surface area contributed by atoms with Gasteiger partial charge in [-0.1, -0.05) is 250 Å². The highest BCUT2D eigenvalue weighted by atomic mass is 31.2. The van der Waals surface area contributed by atoms with Crippen LogP contribution in [0.15, 0.2) is 36.5 Å². The minimum atomic E-state index is -4.75. The molecule has 0 heterocycles. The van der Waals surface area contributed by atoms with Gasteiger partial charge in [-0.15, -0.1) is 0 Å². The number of phosphoric ester groups is 1. The lowest BCUT2D eigenvalue weighted by atomic mass is 10.0.